The summed E-state index contributed by atoms with van der Waals surface area (Å²) in [6.07, 6.45) is 0. The van der Waals surface area contributed by atoms with Crippen molar-refractivity contribution in [2.24, 2.45) is 0 Å². The Bertz CT molecular complexity index is 713. The topological polar surface area (TPSA) is 80.8 Å². The first-order chi connectivity index (χ1) is 10.9. The van der Waals surface area contributed by atoms with E-state index in [0.717, 1.165) is 29.2 Å². The van der Waals surface area contributed by atoms with Crippen LogP contribution in [0.15, 0.2) is 29.2 Å². The molecule has 0 heterocycles. The van der Waals surface area contributed by atoms with Crippen LogP contribution in [-0.2, 0) is 24.2 Å². The van der Waals surface area contributed by atoms with Gasteiger partial charge < -0.3 is 9.64 Å². The number of hydrogen-bond acceptors (Lipinski definition) is 5. The summed E-state index contributed by atoms with van der Waals surface area (Å²) in [5, 5.41) is 0. The molecule has 0 aliphatic heterocycles. The fraction of sp³-hybridized carbons (Fsp3) is 0.429. The highest BCUT2D eigenvalue weighted by atomic mass is 32.2. The maximum absolute atomic E-state index is 12.5. The summed E-state index contributed by atoms with van der Waals surface area (Å²) in [7, 11) is -4.16. The zero-order valence-electron chi connectivity index (χ0n) is 13.1. The summed E-state index contributed by atoms with van der Waals surface area (Å²) in [5.74, 6) is -1.25. The highest BCUT2D eigenvalue weighted by Crippen LogP contribution is 2.31. The van der Waals surface area contributed by atoms with E-state index in [-0.39, 0.29) is 12.2 Å². The van der Waals surface area contributed by atoms with Gasteiger partial charge in [-0.25, -0.2) is 13.2 Å². The third-order valence-corrected chi connectivity index (χ3v) is 4.71. The number of halogens is 3. The molecular weight excluding hydrogens is 351 g/mol. The third-order valence-electron chi connectivity index (χ3n) is 3.20. The molecule has 0 aliphatic rings. The van der Waals surface area contributed by atoms with E-state index in [9.17, 15) is 31.2 Å². The summed E-state index contributed by atoms with van der Waals surface area (Å²) >= 11 is 0. The number of ether oxygens (including phenoxy) is 1. The van der Waals surface area contributed by atoms with Crippen molar-refractivity contribution in [3.8, 4) is 0 Å². The predicted octanol–water partition coefficient (Wildman–Crippen LogP) is 2.06. The van der Waals surface area contributed by atoms with Gasteiger partial charge in [-0.05, 0) is 24.6 Å². The Morgan fingerprint density at radius 3 is 2.08 bits per heavy atom. The second kappa shape index (κ2) is 7.20. The lowest BCUT2D eigenvalue weighted by Gasteiger charge is -2.25. The average Bonchev–Trinajstić information content (AvgIpc) is 2.47. The Hall–Kier alpha value is -2.10. The number of alkyl halides is 3. The number of esters is 1. The number of carbonyl (C=O) groups excluding carboxylic acids is 2. The van der Waals surface area contributed by atoms with Gasteiger partial charge in [0.2, 0.25) is 5.91 Å². The minimum Gasteiger partial charge on any atom is -0.464 e. The lowest BCUT2D eigenvalue weighted by Crippen LogP contribution is -2.35. The van der Waals surface area contributed by atoms with Crippen LogP contribution < -0.4 is 0 Å². The van der Waals surface area contributed by atoms with E-state index in [0.29, 0.717) is 0 Å². The lowest BCUT2D eigenvalue weighted by atomic mass is 10.1. The fourth-order valence-corrected chi connectivity index (χ4v) is 2.65. The van der Waals surface area contributed by atoms with Crippen LogP contribution in [0.1, 0.15) is 25.5 Å². The fourth-order valence-electron chi connectivity index (χ4n) is 1.88. The largest absolute Gasteiger partial charge is 0.501 e. The second-order valence-electron chi connectivity index (χ2n) is 4.80. The molecule has 0 N–H and O–H groups in total. The van der Waals surface area contributed by atoms with E-state index < -0.39 is 38.2 Å². The van der Waals surface area contributed by atoms with Crippen molar-refractivity contribution in [1.29, 1.82) is 0 Å². The van der Waals surface area contributed by atoms with Gasteiger partial charge in [0, 0.05) is 14.0 Å². The van der Waals surface area contributed by atoms with Crippen LogP contribution in [0.2, 0.25) is 0 Å². The number of benzene rings is 1. The van der Waals surface area contributed by atoms with Gasteiger partial charge in [-0.15, -0.1) is 0 Å². The number of sulfone groups is 1. The van der Waals surface area contributed by atoms with Gasteiger partial charge in [0.25, 0.3) is 9.84 Å². The van der Waals surface area contributed by atoms with Gasteiger partial charge in [0.05, 0.1) is 11.5 Å². The average molecular weight is 367 g/mol. The van der Waals surface area contributed by atoms with E-state index in [1.165, 1.54) is 14.0 Å². The van der Waals surface area contributed by atoms with Crippen LogP contribution >= 0.6 is 0 Å². The van der Waals surface area contributed by atoms with E-state index >= 15 is 0 Å². The minimum atomic E-state index is -5.48. The molecule has 1 unspecified atom stereocenters. The van der Waals surface area contributed by atoms with Crippen LogP contribution in [0.25, 0.3) is 0 Å². The van der Waals surface area contributed by atoms with Gasteiger partial charge in [-0.3, -0.25) is 4.79 Å². The first kappa shape index (κ1) is 19.9. The second-order valence-corrected chi connectivity index (χ2v) is 6.74. The standard InChI is InChI=1S/C14H16F3NO5S/c1-4-23-13(20)12(18(3)9(2)19)10-5-7-11(8-6-10)24(21,22)14(15,16)17/h5-8,12H,4H2,1-3H3. The highest BCUT2D eigenvalue weighted by Gasteiger charge is 2.46. The van der Waals surface area contributed by atoms with Crippen molar-refractivity contribution in [2.45, 2.75) is 30.3 Å². The molecule has 1 aromatic carbocycles. The highest BCUT2D eigenvalue weighted by molar-refractivity contribution is 7.92. The molecule has 1 aromatic rings. The SMILES string of the molecule is CCOC(=O)C(c1ccc(S(=O)(=O)C(F)(F)F)cc1)N(C)C(C)=O. The summed E-state index contributed by atoms with van der Waals surface area (Å²) < 4.78 is 65.1. The van der Waals surface area contributed by atoms with E-state index in [4.69, 9.17) is 4.74 Å². The Balaban J connectivity index is 3.28. The van der Waals surface area contributed by atoms with Crippen LogP contribution in [0, 0.1) is 0 Å². The molecule has 1 atom stereocenters. The molecule has 0 fully saturated rings. The van der Waals surface area contributed by atoms with Crippen LogP contribution in [-0.4, -0.2) is 44.4 Å². The first-order valence-electron chi connectivity index (χ1n) is 6.74. The molecule has 6 nitrogen and oxygen atoms in total. The first-order valence-corrected chi connectivity index (χ1v) is 8.23. The number of rotatable bonds is 5. The van der Waals surface area contributed by atoms with Gasteiger partial charge in [-0.1, -0.05) is 12.1 Å². The maximum atomic E-state index is 12.5. The Morgan fingerprint density at radius 2 is 1.71 bits per heavy atom. The molecule has 1 amide bonds. The molecule has 0 aliphatic carbocycles. The molecule has 10 heteroatoms. The number of carbonyl (C=O) groups is 2. The molecular formula is C14H16F3NO5S. The summed E-state index contributed by atoms with van der Waals surface area (Å²) in [6.45, 7) is 2.80. The van der Waals surface area contributed by atoms with Crippen molar-refractivity contribution in [3.05, 3.63) is 29.8 Å². The van der Waals surface area contributed by atoms with Gasteiger partial charge in [-0.2, -0.15) is 13.2 Å². The maximum Gasteiger partial charge on any atom is 0.501 e. The predicted molar refractivity (Wildman–Crippen MR) is 77.5 cm³/mol. The van der Waals surface area contributed by atoms with Crippen molar-refractivity contribution in [2.75, 3.05) is 13.7 Å². The van der Waals surface area contributed by atoms with Gasteiger partial charge in [0.1, 0.15) is 0 Å². The molecule has 0 saturated carbocycles. The summed E-state index contributed by atoms with van der Waals surface area (Å²) in [5.41, 5.74) is -5.29. The Morgan fingerprint density at radius 1 is 1.21 bits per heavy atom. The normalized spacial score (nSPS) is 13.2. The zero-order chi connectivity index (χ0) is 18.7. The lowest BCUT2D eigenvalue weighted by molar-refractivity contribution is -0.153. The molecule has 0 bridgehead atoms. The Kier molecular flexibility index (Phi) is 5.99. The number of likely N-dealkylation sites (N-methyl/N-ethyl adjacent to an activating group) is 1. The smallest absolute Gasteiger partial charge is 0.464 e. The van der Waals surface area contributed by atoms with Crippen LogP contribution in [0.5, 0.6) is 0 Å². The van der Waals surface area contributed by atoms with Crippen molar-refractivity contribution in [1.82, 2.24) is 4.90 Å². The molecule has 1 rings (SSSR count). The van der Waals surface area contributed by atoms with Crippen molar-refractivity contribution in [3.63, 3.8) is 0 Å². The number of nitrogens with zero attached hydrogens (tertiary/aromatic N) is 1. The number of amides is 1. The number of hydrogen-bond donors (Lipinski definition) is 0. The van der Waals surface area contributed by atoms with Crippen LogP contribution in [0.4, 0.5) is 13.2 Å². The van der Waals surface area contributed by atoms with Crippen molar-refractivity contribution < 1.29 is 35.9 Å². The summed E-state index contributed by atoms with van der Waals surface area (Å²) in [6, 6.07) is 2.36. The Labute approximate surface area is 137 Å². The monoisotopic (exact) mass is 367 g/mol. The van der Waals surface area contributed by atoms with Crippen LogP contribution in [0.3, 0.4) is 0 Å². The summed E-state index contributed by atoms with van der Waals surface area (Å²) in [4.78, 5) is 23.6. The van der Waals surface area contributed by atoms with E-state index in [1.54, 1.807) is 6.92 Å². The molecule has 134 valence electrons. The molecule has 0 radical (unpaired) electrons. The minimum absolute atomic E-state index is 0.0433. The van der Waals surface area contributed by atoms with Gasteiger partial charge >= 0.3 is 11.5 Å². The van der Waals surface area contributed by atoms with E-state index in [1.807, 2.05) is 0 Å². The van der Waals surface area contributed by atoms with Gasteiger partial charge in [0.15, 0.2) is 6.04 Å². The molecule has 0 saturated heterocycles. The quantitative estimate of drug-likeness (QED) is 0.744. The third kappa shape index (κ3) is 4.05. The zero-order valence-corrected chi connectivity index (χ0v) is 13.9. The van der Waals surface area contributed by atoms with Crippen molar-refractivity contribution >= 4 is 21.7 Å². The molecule has 0 aromatic heterocycles. The molecule has 24 heavy (non-hydrogen) atoms. The van der Waals surface area contributed by atoms with E-state index in [2.05, 4.69) is 0 Å². The molecule has 0 spiro atoms.